The van der Waals surface area contributed by atoms with Crippen LogP contribution in [0.1, 0.15) is 17.7 Å². The summed E-state index contributed by atoms with van der Waals surface area (Å²) >= 11 is 7.26. The molecule has 2 rings (SSSR count). The summed E-state index contributed by atoms with van der Waals surface area (Å²) < 4.78 is 6.77. The molecule has 1 saturated heterocycles. The Morgan fingerprint density at radius 2 is 2.53 bits per heavy atom. The molecule has 17 heavy (non-hydrogen) atoms. The summed E-state index contributed by atoms with van der Waals surface area (Å²) in [7, 11) is 0. The molecule has 0 saturated carbocycles. The number of hydrogen-bond donors (Lipinski definition) is 1. The van der Waals surface area contributed by atoms with E-state index in [4.69, 9.17) is 4.74 Å². The summed E-state index contributed by atoms with van der Waals surface area (Å²) in [6.07, 6.45) is 3.02. The Hall–Kier alpha value is 0.450. The molecule has 2 heterocycles. The molecular formula is C12H18BrNOS2. The van der Waals surface area contributed by atoms with Crippen LogP contribution in [0.25, 0.3) is 0 Å². The van der Waals surface area contributed by atoms with Gasteiger partial charge in [-0.05, 0) is 34.8 Å². The Kier molecular flexibility index (Phi) is 6.36. The first-order valence-electron chi connectivity index (χ1n) is 5.97. The maximum absolute atomic E-state index is 5.59. The van der Waals surface area contributed by atoms with E-state index in [2.05, 4.69) is 32.7 Å². The molecule has 0 amide bonds. The van der Waals surface area contributed by atoms with E-state index < -0.39 is 0 Å². The van der Waals surface area contributed by atoms with Crippen molar-refractivity contribution in [3.05, 3.63) is 20.8 Å². The molecule has 0 radical (unpaired) electrons. The summed E-state index contributed by atoms with van der Waals surface area (Å²) in [5.74, 6) is 2.33. The molecule has 1 unspecified atom stereocenters. The summed E-state index contributed by atoms with van der Waals surface area (Å²) in [6.45, 7) is 3.03. The third-order valence-corrected chi connectivity index (χ3v) is 5.47. The van der Waals surface area contributed by atoms with Crippen molar-refractivity contribution in [2.24, 2.45) is 0 Å². The molecule has 0 spiro atoms. The van der Waals surface area contributed by atoms with Gasteiger partial charge in [-0.25, -0.2) is 0 Å². The van der Waals surface area contributed by atoms with E-state index in [-0.39, 0.29) is 0 Å². The van der Waals surface area contributed by atoms with Crippen molar-refractivity contribution in [2.75, 3.05) is 24.7 Å². The average Bonchev–Trinajstić information content (AvgIpc) is 2.95. The lowest BCUT2D eigenvalue weighted by Crippen LogP contribution is -2.17. The van der Waals surface area contributed by atoms with Crippen LogP contribution in [0.5, 0.6) is 0 Å². The molecule has 0 aromatic carbocycles. The van der Waals surface area contributed by atoms with Gasteiger partial charge < -0.3 is 10.1 Å². The predicted octanol–water partition coefficient (Wildman–Crippen LogP) is 3.51. The molecule has 0 bridgehead atoms. The van der Waals surface area contributed by atoms with Crippen LogP contribution in [0.4, 0.5) is 0 Å². The van der Waals surface area contributed by atoms with Crippen molar-refractivity contribution in [2.45, 2.75) is 25.5 Å². The van der Waals surface area contributed by atoms with Crippen LogP contribution < -0.4 is 5.32 Å². The second kappa shape index (κ2) is 7.79. The summed E-state index contributed by atoms with van der Waals surface area (Å²) in [5.41, 5.74) is 0. The molecular weight excluding hydrogens is 318 g/mol. The van der Waals surface area contributed by atoms with Gasteiger partial charge in [0.15, 0.2) is 0 Å². The Balaban J connectivity index is 1.46. The number of halogens is 1. The minimum atomic E-state index is 0.522. The van der Waals surface area contributed by atoms with E-state index in [9.17, 15) is 0 Å². The van der Waals surface area contributed by atoms with Crippen LogP contribution in [0, 0.1) is 0 Å². The third kappa shape index (κ3) is 5.30. The van der Waals surface area contributed by atoms with Gasteiger partial charge in [0.25, 0.3) is 0 Å². The van der Waals surface area contributed by atoms with E-state index in [0.29, 0.717) is 6.10 Å². The molecule has 5 heteroatoms. The lowest BCUT2D eigenvalue weighted by atomic mass is 10.3. The van der Waals surface area contributed by atoms with Crippen molar-refractivity contribution < 1.29 is 4.74 Å². The first-order chi connectivity index (χ1) is 8.34. The molecule has 1 aliphatic heterocycles. The Bertz CT molecular complexity index is 326. The van der Waals surface area contributed by atoms with Crippen molar-refractivity contribution >= 4 is 39.0 Å². The summed E-state index contributed by atoms with van der Waals surface area (Å²) in [5, 5.41) is 5.60. The fraction of sp³-hybridized carbons (Fsp3) is 0.667. The largest absolute Gasteiger partial charge is 0.377 e. The Morgan fingerprint density at radius 1 is 1.59 bits per heavy atom. The third-order valence-electron chi connectivity index (χ3n) is 2.67. The van der Waals surface area contributed by atoms with Crippen LogP contribution in [-0.4, -0.2) is 30.8 Å². The maximum Gasteiger partial charge on any atom is 0.0666 e. The smallest absolute Gasteiger partial charge is 0.0666 e. The van der Waals surface area contributed by atoms with Crippen LogP contribution in [0.3, 0.4) is 0 Å². The minimum Gasteiger partial charge on any atom is -0.377 e. The zero-order chi connectivity index (χ0) is 11.9. The van der Waals surface area contributed by atoms with Gasteiger partial charge in [0.1, 0.15) is 0 Å². The lowest BCUT2D eigenvalue weighted by Gasteiger charge is -2.08. The van der Waals surface area contributed by atoms with Gasteiger partial charge in [-0.3, -0.25) is 0 Å². The van der Waals surface area contributed by atoms with E-state index in [1.165, 1.54) is 27.9 Å². The molecule has 1 aliphatic rings. The molecule has 1 N–H and O–H groups in total. The monoisotopic (exact) mass is 335 g/mol. The number of nitrogens with one attached hydrogen (secondary N) is 1. The van der Waals surface area contributed by atoms with E-state index in [1.807, 2.05) is 11.8 Å². The van der Waals surface area contributed by atoms with Crippen molar-refractivity contribution in [3.63, 3.8) is 0 Å². The highest BCUT2D eigenvalue weighted by molar-refractivity contribution is 9.10. The maximum atomic E-state index is 5.59. The van der Waals surface area contributed by atoms with Gasteiger partial charge in [-0.2, -0.15) is 11.8 Å². The van der Waals surface area contributed by atoms with Crippen LogP contribution in [0.2, 0.25) is 0 Å². The van der Waals surface area contributed by atoms with Gasteiger partial charge in [0.2, 0.25) is 0 Å². The second-order valence-corrected chi connectivity index (χ2v) is 7.18. The van der Waals surface area contributed by atoms with Crippen molar-refractivity contribution in [1.82, 2.24) is 5.32 Å². The number of rotatable bonds is 7. The number of thioether (sulfide) groups is 1. The second-order valence-electron chi connectivity index (χ2n) is 4.12. The van der Waals surface area contributed by atoms with Gasteiger partial charge >= 0.3 is 0 Å². The van der Waals surface area contributed by atoms with Crippen molar-refractivity contribution in [3.8, 4) is 0 Å². The van der Waals surface area contributed by atoms with Crippen LogP contribution >= 0.6 is 39.0 Å². The highest BCUT2D eigenvalue weighted by Gasteiger charge is 2.14. The fourth-order valence-corrected chi connectivity index (χ4v) is 4.19. The van der Waals surface area contributed by atoms with Crippen LogP contribution in [-0.2, 0) is 11.3 Å². The topological polar surface area (TPSA) is 21.3 Å². The van der Waals surface area contributed by atoms with E-state index in [1.54, 1.807) is 11.3 Å². The molecule has 1 fully saturated rings. The Morgan fingerprint density at radius 3 is 3.24 bits per heavy atom. The SMILES string of the molecule is Brc1csc(CNCCSCC2CCCO2)c1. The number of thiophene rings is 1. The molecule has 0 aliphatic carbocycles. The molecule has 1 atom stereocenters. The molecule has 96 valence electrons. The average molecular weight is 336 g/mol. The number of ether oxygens (including phenoxy) is 1. The Labute approximate surface area is 120 Å². The van der Waals surface area contributed by atoms with E-state index in [0.717, 1.165) is 25.4 Å². The highest BCUT2D eigenvalue weighted by atomic mass is 79.9. The van der Waals surface area contributed by atoms with Crippen LogP contribution in [0.15, 0.2) is 15.9 Å². The van der Waals surface area contributed by atoms with Gasteiger partial charge in [-0.1, -0.05) is 0 Å². The van der Waals surface area contributed by atoms with Gasteiger partial charge in [0, 0.05) is 45.9 Å². The normalized spacial score (nSPS) is 19.9. The minimum absolute atomic E-state index is 0.522. The first-order valence-corrected chi connectivity index (χ1v) is 8.80. The van der Waals surface area contributed by atoms with E-state index >= 15 is 0 Å². The highest BCUT2D eigenvalue weighted by Crippen LogP contribution is 2.19. The summed E-state index contributed by atoms with van der Waals surface area (Å²) in [6, 6.07) is 2.18. The quantitative estimate of drug-likeness (QED) is 0.770. The molecule has 1 aromatic heterocycles. The molecule has 2 nitrogen and oxygen atoms in total. The number of hydrogen-bond acceptors (Lipinski definition) is 4. The lowest BCUT2D eigenvalue weighted by molar-refractivity contribution is 0.129. The zero-order valence-electron chi connectivity index (χ0n) is 9.78. The van der Waals surface area contributed by atoms with Gasteiger partial charge in [-0.15, -0.1) is 11.3 Å². The fourth-order valence-electron chi connectivity index (χ4n) is 1.79. The molecule has 1 aromatic rings. The first kappa shape index (κ1) is 13.9. The van der Waals surface area contributed by atoms with Gasteiger partial charge in [0.05, 0.1) is 6.10 Å². The van der Waals surface area contributed by atoms with Crippen molar-refractivity contribution in [1.29, 1.82) is 0 Å². The zero-order valence-corrected chi connectivity index (χ0v) is 13.0. The summed E-state index contributed by atoms with van der Waals surface area (Å²) in [4.78, 5) is 1.39. The predicted molar refractivity (Wildman–Crippen MR) is 80.0 cm³/mol. The standard InChI is InChI=1S/C12H18BrNOS2/c13-10-6-12(17-8-10)7-14-3-5-16-9-11-2-1-4-15-11/h6,8,11,14H,1-5,7,9H2.